The van der Waals surface area contributed by atoms with Gasteiger partial charge in [0, 0.05) is 10.9 Å². The Morgan fingerprint density at radius 1 is 1.25 bits per heavy atom. The smallest absolute Gasteiger partial charge is 0.0944 e. The highest BCUT2D eigenvalue weighted by Crippen LogP contribution is 2.24. The first-order chi connectivity index (χ1) is 7.60. The second kappa shape index (κ2) is 6.28. The number of rotatable bonds is 5. The molecular formula is C13H21NOS. The molecule has 1 N–H and O–H groups in total. The quantitative estimate of drug-likeness (QED) is 0.799. The van der Waals surface area contributed by atoms with Crippen LogP contribution in [0.3, 0.4) is 0 Å². The lowest BCUT2D eigenvalue weighted by Crippen LogP contribution is -2.33. The molecule has 3 heteroatoms. The third-order valence-corrected chi connectivity index (χ3v) is 3.65. The zero-order valence-corrected chi connectivity index (χ0v) is 11.3. The summed E-state index contributed by atoms with van der Waals surface area (Å²) in [5, 5.41) is 10.3. The lowest BCUT2D eigenvalue weighted by atomic mass is 10.00. The van der Waals surface area contributed by atoms with Crippen molar-refractivity contribution in [2.24, 2.45) is 0 Å². The van der Waals surface area contributed by atoms with Gasteiger partial charge in [0.2, 0.25) is 0 Å². The van der Waals surface area contributed by atoms with Crippen molar-refractivity contribution in [1.82, 2.24) is 4.90 Å². The van der Waals surface area contributed by atoms with Gasteiger partial charge < -0.3 is 10.0 Å². The van der Waals surface area contributed by atoms with E-state index >= 15 is 0 Å². The van der Waals surface area contributed by atoms with E-state index in [1.165, 1.54) is 4.90 Å². The van der Waals surface area contributed by atoms with E-state index in [-0.39, 0.29) is 6.04 Å². The van der Waals surface area contributed by atoms with Crippen LogP contribution in [0.15, 0.2) is 29.2 Å². The van der Waals surface area contributed by atoms with Gasteiger partial charge in [0.15, 0.2) is 0 Å². The summed E-state index contributed by atoms with van der Waals surface area (Å²) >= 11 is 1.72. The van der Waals surface area contributed by atoms with Crippen molar-refractivity contribution < 1.29 is 5.11 Å². The first kappa shape index (κ1) is 13.6. The third kappa shape index (κ3) is 3.24. The summed E-state index contributed by atoms with van der Waals surface area (Å²) in [4.78, 5) is 3.31. The Morgan fingerprint density at radius 2 is 1.81 bits per heavy atom. The molecule has 1 aromatic rings. The molecule has 0 saturated heterocycles. The molecule has 0 amide bonds. The number of hydrogen-bond acceptors (Lipinski definition) is 3. The molecule has 0 aliphatic rings. The summed E-state index contributed by atoms with van der Waals surface area (Å²) in [6.45, 7) is 2.10. The molecule has 0 heterocycles. The number of thioether (sulfide) groups is 1. The van der Waals surface area contributed by atoms with Crippen LogP contribution in [0.1, 0.15) is 25.0 Å². The zero-order valence-electron chi connectivity index (χ0n) is 10.5. The van der Waals surface area contributed by atoms with Gasteiger partial charge in [0.1, 0.15) is 0 Å². The Labute approximate surface area is 103 Å². The van der Waals surface area contributed by atoms with Crippen molar-refractivity contribution in [3.8, 4) is 0 Å². The van der Waals surface area contributed by atoms with E-state index in [0.717, 1.165) is 12.0 Å². The molecule has 0 spiro atoms. The Balaban J connectivity index is 2.82. The molecule has 1 aromatic carbocycles. The van der Waals surface area contributed by atoms with Gasteiger partial charge in [-0.3, -0.25) is 0 Å². The van der Waals surface area contributed by atoms with E-state index < -0.39 is 6.10 Å². The van der Waals surface area contributed by atoms with E-state index in [1.807, 2.05) is 26.2 Å². The molecule has 0 aliphatic carbocycles. The number of aliphatic hydroxyl groups is 1. The SMILES string of the molecule is CC[C@@H]([C@@H](O)c1ccc(SC)cc1)N(C)C. The zero-order chi connectivity index (χ0) is 12.1. The summed E-state index contributed by atoms with van der Waals surface area (Å²) in [6, 6.07) is 8.34. The number of benzene rings is 1. The molecule has 0 aliphatic heterocycles. The minimum Gasteiger partial charge on any atom is -0.387 e. The van der Waals surface area contributed by atoms with Crippen molar-refractivity contribution in [3.63, 3.8) is 0 Å². The molecule has 2 nitrogen and oxygen atoms in total. The van der Waals surface area contributed by atoms with Crippen molar-refractivity contribution in [1.29, 1.82) is 0 Å². The van der Waals surface area contributed by atoms with Gasteiger partial charge in [0.25, 0.3) is 0 Å². The fourth-order valence-corrected chi connectivity index (χ4v) is 2.30. The van der Waals surface area contributed by atoms with Gasteiger partial charge in [-0.2, -0.15) is 0 Å². The van der Waals surface area contributed by atoms with Crippen LogP contribution in [0.5, 0.6) is 0 Å². The lowest BCUT2D eigenvalue weighted by molar-refractivity contribution is 0.0734. The van der Waals surface area contributed by atoms with Crippen molar-refractivity contribution in [2.75, 3.05) is 20.4 Å². The summed E-state index contributed by atoms with van der Waals surface area (Å²) < 4.78 is 0. The lowest BCUT2D eigenvalue weighted by Gasteiger charge is -2.28. The van der Waals surface area contributed by atoms with Crippen molar-refractivity contribution >= 4 is 11.8 Å². The Morgan fingerprint density at radius 3 is 2.19 bits per heavy atom. The van der Waals surface area contributed by atoms with Crippen LogP contribution in [0.4, 0.5) is 0 Å². The highest BCUT2D eigenvalue weighted by atomic mass is 32.2. The number of hydrogen-bond donors (Lipinski definition) is 1. The fourth-order valence-electron chi connectivity index (χ4n) is 1.89. The molecule has 1 rings (SSSR count). The number of aliphatic hydroxyl groups excluding tert-OH is 1. The highest BCUT2D eigenvalue weighted by molar-refractivity contribution is 7.98. The molecule has 0 unspecified atom stereocenters. The Hall–Kier alpha value is -0.510. The molecule has 16 heavy (non-hydrogen) atoms. The van der Waals surface area contributed by atoms with Crippen molar-refractivity contribution in [2.45, 2.75) is 30.4 Å². The average Bonchev–Trinajstić information content (AvgIpc) is 2.29. The first-order valence-electron chi connectivity index (χ1n) is 5.58. The normalized spacial score (nSPS) is 15.1. The topological polar surface area (TPSA) is 23.5 Å². The minimum atomic E-state index is -0.407. The molecular weight excluding hydrogens is 218 g/mol. The van der Waals surface area contributed by atoms with E-state index in [4.69, 9.17) is 0 Å². The van der Waals surface area contributed by atoms with E-state index in [1.54, 1.807) is 11.8 Å². The molecule has 2 atom stereocenters. The van der Waals surface area contributed by atoms with Gasteiger partial charge in [-0.25, -0.2) is 0 Å². The summed E-state index contributed by atoms with van der Waals surface area (Å²) in [5.41, 5.74) is 0.998. The van der Waals surface area contributed by atoms with E-state index in [2.05, 4.69) is 30.2 Å². The Bertz CT molecular complexity index is 310. The highest BCUT2D eigenvalue weighted by Gasteiger charge is 2.20. The molecule has 0 fully saturated rings. The van der Waals surface area contributed by atoms with Crippen LogP contribution in [-0.4, -0.2) is 36.4 Å². The summed E-state index contributed by atoms with van der Waals surface area (Å²) in [6.07, 6.45) is 2.59. The fraction of sp³-hybridized carbons (Fsp3) is 0.538. The third-order valence-electron chi connectivity index (χ3n) is 2.90. The van der Waals surface area contributed by atoms with Gasteiger partial charge in [-0.15, -0.1) is 11.8 Å². The monoisotopic (exact) mass is 239 g/mol. The number of likely N-dealkylation sites (N-methyl/N-ethyl adjacent to an activating group) is 1. The summed E-state index contributed by atoms with van der Waals surface area (Å²) in [7, 11) is 4.02. The van der Waals surface area contributed by atoms with Gasteiger partial charge >= 0.3 is 0 Å². The maximum atomic E-state index is 10.3. The molecule has 0 radical (unpaired) electrons. The van der Waals surface area contributed by atoms with Gasteiger partial charge in [-0.05, 0) is 44.5 Å². The predicted octanol–water partition coefficient (Wildman–Crippen LogP) is 2.78. The Kier molecular flexibility index (Phi) is 5.32. The predicted molar refractivity (Wildman–Crippen MR) is 70.9 cm³/mol. The van der Waals surface area contributed by atoms with Crippen molar-refractivity contribution in [3.05, 3.63) is 29.8 Å². The first-order valence-corrected chi connectivity index (χ1v) is 6.81. The average molecular weight is 239 g/mol. The van der Waals surface area contributed by atoms with Gasteiger partial charge in [-0.1, -0.05) is 19.1 Å². The van der Waals surface area contributed by atoms with Crippen LogP contribution < -0.4 is 0 Å². The van der Waals surface area contributed by atoms with Crippen LogP contribution >= 0.6 is 11.8 Å². The maximum Gasteiger partial charge on any atom is 0.0944 e. The largest absolute Gasteiger partial charge is 0.387 e. The van der Waals surface area contributed by atoms with Crippen LogP contribution in [0.25, 0.3) is 0 Å². The number of nitrogens with zero attached hydrogens (tertiary/aromatic N) is 1. The second-order valence-corrected chi connectivity index (χ2v) is 5.04. The second-order valence-electron chi connectivity index (χ2n) is 4.16. The van der Waals surface area contributed by atoms with Gasteiger partial charge in [0.05, 0.1) is 6.10 Å². The minimum absolute atomic E-state index is 0.181. The maximum absolute atomic E-state index is 10.3. The van der Waals surface area contributed by atoms with E-state index in [9.17, 15) is 5.11 Å². The van der Waals surface area contributed by atoms with Crippen LogP contribution in [-0.2, 0) is 0 Å². The molecule has 90 valence electrons. The standard InChI is InChI=1S/C13H21NOS/c1-5-12(14(2)3)13(15)10-6-8-11(16-4)9-7-10/h6-9,12-13,15H,5H2,1-4H3/t12-,13-/m0/s1. The summed E-state index contributed by atoms with van der Waals surface area (Å²) in [5.74, 6) is 0. The van der Waals surface area contributed by atoms with Crippen LogP contribution in [0.2, 0.25) is 0 Å². The van der Waals surface area contributed by atoms with Crippen LogP contribution in [0, 0.1) is 0 Å². The van der Waals surface area contributed by atoms with E-state index in [0.29, 0.717) is 0 Å². The molecule has 0 saturated carbocycles. The molecule has 0 aromatic heterocycles. The molecule has 0 bridgehead atoms.